The molecule has 0 fully saturated rings. The smallest absolute Gasteiger partial charge is 0.119 e. The molecule has 0 bridgehead atoms. The van der Waals surface area contributed by atoms with Crippen LogP contribution in [-0.2, 0) is 17.6 Å². The van der Waals surface area contributed by atoms with E-state index >= 15 is 0 Å². The summed E-state index contributed by atoms with van der Waals surface area (Å²) in [6, 6.07) is 5.67. The summed E-state index contributed by atoms with van der Waals surface area (Å²) in [7, 11) is 0. The summed E-state index contributed by atoms with van der Waals surface area (Å²) >= 11 is 0. The quantitative estimate of drug-likeness (QED) is 0.527. The maximum atomic E-state index is 9.08. The molecule has 0 amide bonds. The first kappa shape index (κ1) is 15.9. The molecule has 0 spiro atoms. The van der Waals surface area contributed by atoms with Gasteiger partial charge in [0.15, 0.2) is 0 Å². The van der Waals surface area contributed by atoms with Crippen molar-refractivity contribution in [3.8, 4) is 5.75 Å². The molecular formula is C14H22O5. The van der Waals surface area contributed by atoms with Gasteiger partial charge in [0, 0.05) is 6.61 Å². The summed E-state index contributed by atoms with van der Waals surface area (Å²) in [6.07, 6.45) is 1.29. The third-order valence-corrected chi connectivity index (χ3v) is 2.67. The average molecular weight is 270 g/mol. The topological polar surface area (TPSA) is 79.2 Å². The molecule has 108 valence electrons. The lowest BCUT2D eigenvalue weighted by Gasteiger charge is -2.12. The molecule has 1 aromatic rings. The van der Waals surface area contributed by atoms with E-state index in [9.17, 15) is 0 Å². The molecule has 0 saturated heterocycles. The van der Waals surface area contributed by atoms with Crippen LogP contribution in [0.3, 0.4) is 0 Å². The number of ether oxygens (including phenoxy) is 2. The van der Waals surface area contributed by atoms with Crippen LogP contribution < -0.4 is 4.74 Å². The van der Waals surface area contributed by atoms with Crippen LogP contribution in [-0.4, -0.2) is 55.0 Å². The van der Waals surface area contributed by atoms with E-state index < -0.39 is 0 Å². The fraction of sp³-hybridized carbons (Fsp3) is 0.571. The first-order valence-corrected chi connectivity index (χ1v) is 6.46. The van der Waals surface area contributed by atoms with Crippen molar-refractivity contribution < 1.29 is 24.8 Å². The van der Waals surface area contributed by atoms with Gasteiger partial charge >= 0.3 is 0 Å². The van der Waals surface area contributed by atoms with Gasteiger partial charge in [-0.15, -0.1) is 0 Å². The first-order valence-electron chi connectivity index (χ1n) is 6.46. The van der Waals surface area contributed by atoms with E-state index in [2.05, 4.69) is 0 Å². The highest BCUT2D eigenvalue weighted by Gasteiger charge is 2.05. The van der Waals surface area contributed by atoms with Crippen molar-refractivity contribution >= 4 is 0 Å². The van der Waals surface area contributed by atoms with Crippen molar-refractivity contribution in [1.29, 1.82) is 0 Å². The van der Waals surface area contributed by atoms with E-state index in [1.807, 2.05) is 18.2 Å². The van der Waals surface area contributed by atoms with Crippen molar-refractivity contribution in [3.63, 3.8) is 0 Å². The number of aliphatic hydroxyl groups is 3. The lowest BCUT2D eigenvalue weighted by Crippen LogP contribution is -2.07. The van der Waals surface area contributed by atoms with Crippen molar-refractivity contribution in [1.82, 2.24) is 0 Å². The summed E-state index contributed by atoms with van der Waals surface area (Å²) in [5, 5.41) is 26.4. The Morgan fingerprint density at radius 1 is 0.789 bits per heavy atom. The van der Waals surface area contributed by atoms with E-state index in [1.165, 1.54) is 0 Å². The highest BCUT2D eigenvalue weighted by atomic mass is 16.5. The molecule has 0 atom stereocenters. The third kappa shape index (κ3) is 6.02. The van der Waals surface area contributed by atoms with E-state index in [0.29, 0.717) is 25.4 Å². The van der Waals surface area contributed by atoms with Gasteiger partial charge in [-0.2, -0.15) is 0 Å². The normalized spacial score (nSPS) is 10.7. The van der Waals surface area contributed by atoms with Gasteiger partial charge in [0.1, 0.15) is 12.4 Å². The number of aliphatic hydroxyl groups excluding tert-OH is 3. The minimum absolute atomic E-state index is 0.0217. The molecule has 3 N–H and O–H groups in total. The lowest BCUT2D eigenvalue weighted by molar-refractivity contribution is 0.0943. The molecule has 0 aliphatic rings. The summed E-state index contributed by atoms with van der Waals surface area (Å²) in [6.45, 7) is 1.22. The van der Waals surface area contributed by atoms with Gasteiger partial charge < -0.3 is 24.8 Å². The summed E-state index contributed by atoms with van der Waals surface area (Å²) < 4.78 is 10.6. The van der Waals surface area contributed by atoms with Gasteiger partial charge in [-0.25, -0.2) is 0 Å². The molecule has 0 aliphatic carbocycles. The predicted molar refractivity (Wildman–Crippen MR) is 71.4 cm³/mol. The van der Waals surface area contributed by atoms with Crippen molar-refractivity contribution in [2.75, 3.05) is 39.6 Å². The second-order valence-electron chi connectivity index (χ2n) is 4.06. The highest BCUT2D eigenvalue weighted by molar-refractivity contribution is 5.36. The monoisotopic (exact) mass is 270 g/mol. The van der Waals surface area contributed by atoms with Crippen LogP contribution in [0.1, 0.15) is 11.1 Å². The van der Waals surface area contributed by atoms with Crippen LogP contribution in [0.25, 0.3) is 0 Å². The Hall–Kier alpha value is -1.14. The second-order valence-corrected chi connectivity index (χ2v) is 4.06. The maximum absolute atomic E-state index is 9.08. The third-order valence-electron chi connectivity index (χ3n) is 2.67. The molecule has 1 rings (SSSR count). The Morgan fingerprint density at radius 3 is 2.26 bits per heavy atom. The Morgan fingerprint density at radius 2 is 1.58 bits per heavy atom. The number of hydrogen-bond donors (Lipinski definition) is 3. The zero-order valence-corrected chi connectivity index (χ0v) is 11.0. The molecule has 0 aliphatic heterocycles. The highest BCUT2D eigenvalue weighted by Crippen LogP contribution is 2.19. The van der Waals surface area contributed by atoms with Gasteiger partial charge in [0.05, 0.1) is 26.4 Å². The van der Waals surface area contributed by atoms with Crippen LogP contribution in [0, 0.1) is 0 Å². The summed E-state index contributed by atoms with van der Waals surface area (Å²) in [4.78, 5) is 0. The minimum atomic E-state index is -0.0217. The van der Waals surface area contributed by atoms with Crippen LogP contribution in [0.4, 0.5) is 0 Å². The fourth-order valence-electron chi connectivity index (χ4n) is 1.80. The second kappa shape index (κ2) is 9.75. The fourth-order valence-corrected chi connectivity index (χ4v) is 1.80. The predicted octanol–water partition coefficient (Wildman–Crippen LogP) is 0.144. The molecule has 0 heterocycles. The molecule has 1 aromatic carbocycles. The standard InChI is InChI=1S/C14H22O5/c15-5-3-13-11-14(19-10-7-17)2-1-12(13)4-8-18-9-6-16/h1-2,11,15-17H,3-10H2. The zero-order valence-electron chi connectivity index (χ0n) is 11.0. The molecule has 0 aromatic heterocycles. The Kier molecular flexibility index (Phi) is 8.16. The molecular weight excluding hydrogens is 248 g/mol. The van der Waals surface area contributed by atoms with Crippen molar-refractivity contribution in [2.24, 2.45) is 0 Å². The SMILES string of the molecule is OCCOCCc1ccc(OCCO)cc1CCO. The summed E-state index contributed by atoms with van der Waals surface area (Å²) in [5.41, 5.74) is 2.12. The van der Waals surface area contributed by atoms with Gasteiger partial charge in [-0.3, -0.25) is 0 Å². The minimum Gasteiger partial charge on any atom is -0.491 e. The zero-order chi connectivity index (χ0) is 13.9. The maximum Gasteiger partial charge on any atom is 0.119 e. The molecule has 5 heteroatoms. The van der Waals surface area contributed by atoms with E-state index in [1.54, 1.807) is 0 Å². The van der Waals surface area contributed by atoms with Crippen LogP contribution in [0.2, 0.25) is 0 Å². The van der Waals surface area contributed by atoms with Crippen LogP contribution in [0.5, 0.6) is 5.75 Å². The number of rotatable bonds is 10. The Labute approximate surface area is 113 Å². The molecule has 19 heavy (non-hydrogen) atoms. The van der Waals surface area contributed by atoms with Crippen LogP contribution >= 0.6 is 0 Å². The average Bonchev–Trinajstić information content (AvgIpc) is 2.43. The van der Waals surface area contributed by atoms with Gasteiger partial charge in [0.2, 0.25) is 0 Å². The van der Waals surface area contributed by atoms with Gasteiger partial charge in [-0.05, 0) is 36.1 Å². The van der Waals surface area contributed by atoms with Crippen molar-refractivity contribution in [3.05, 3.63) is 29.3 Å². The largest absolute Gasteiger partial charge is 0.491 e. The molecule has 0 unspecified atom stereocenters. The van der Waals surface area contributed by atoms with E-state index in [4.69, 9.17) is 24.8 Å². The van der Waals surface area contributed by atoms with E-state index in [0.717, 1.165) is 17.5 Å². The molecule has 0 saturated carbocycles. The summed E-state index contributed by atoms with van der Waals surface area (Å²) in [5.74, 6) is 0.692. The Balaban J connectivity index is 2.62. The number of hydrogen-bond acceptors (Lipinski definition) is 5. The van der Waals surface area contributed by atoms with Crippen LogP contribution in [0.15, 0.2) is 18.2 Å². The van der Waals surface area contributed by atoms with Gasteiger partial charge in [0.25, 0.3) is 0 Å². The van der Waals surface area contributed by atoms with Gasteiger partial charge in [-0.1, -0.05) is 6.07 Å². The first-order chi connectivity index (χ1) is 9.31. The lowest BCUT2D eigenvalue weighted by atomic mass is 10.0. The molecule has 5 nitrogen and oxygen atoms in total. The van der Waals surface area contributed by atoms with Crippen molar-refractivity contribution in [2.45, 2.75) is 12.8 Å². The molecule has 0 radical (unpaired) electrons. The number of benzene rings is 1. The van der Waals surface area contributed by atoms with E-state index in [-0.39, 0.29) is 26.4 Å². The Bertz CT molecular complexity index is 354.